The van der Waals surface area contributed by atoms with Crippen LogP contribution in [-0.4, -0.2) is 36.0 Å². The lowest BCUT2D eigenvalue weighted by molar-refractivity contribution is 0.0619. The molecule has 0 spiro atoms. The van der Waals surface area contributed by atoms with Crippen molar-refractivity contribution in [3.63, 3.8) is 0 Å². The molecule has 102 valence electrons. The summed E-state index contributed by atoms with van der Waals surface area (Å²) in [5, 5.41) is 0. The summed E-state index contributed by atoms with van der Waals surface area (Å²) in [5.74, 6) is 1.04. The summed E-state index contributed by atoms with van der Waals surface area (Å²) in [6.07, 6.45) is 2.68. The van der Waals surface area contributed by atoms with Gasteiger partial charge in [0.2, 0.25) is 0 Å². The zero-order valence-electron chi connectivity index (χ0n) is 11.3. The Morgan fingerprint density at radius 2 is 2.32 bits per heavy atom. The number of nitrogens with zero attached hydrogens (tertiary/aromatic N) is 1. The molecule has 2 N–H and O–H groups in total. The third-order valence-corrected chi connectivity index (χ3v) is 4.11. The molecule has 19 heavy (non-hydrogen) atoms. The lowest BCUT2D eigenvalue weighted by Gasteiger charge is -2.36. The van der Waals surface area contributed by atoms with Crippen LogP contribution < -0.4 is 10.5 Å². The van der Waals surface area contributed by atoms with Gasteiger partial charge in [-0.25, -0.2) is 0 Å². The van der Waals surface area contributed by atoms with Crippen molar-refractivity contribution < 1.29 is 9.53 Å². The first-order chi connectivity index (χ1) is 9.15. The van der Waals surface area contributed by atoms with E-state index < -0.39 is 0 Å². The zero-order valence-corrected chi connectivity index (χ0v) is 11.3. The van der Waals surface area contributed by atoms with E-state index in [-0.39, 0.29) is 18.0 Å². The fourth-order valence-corrected chi connectivity index (χ4v) is 3.00. The summed E-state index contributed by atoms with van der Waals surface area (Å²) >= 11 is 0. The average Bonchev–Trinajstić information content (AvgIpc) is 2.85. The Kier molecular flexibility index (Phi) is 3.19. The molecule has 0 aromatic heterocycles. The Balaban J connectivity index is 1.80. The van der Waals surface area contributed by atoms with Crippen LogP contribution in [0.1, 0.15) is 35.7 Å². The smallest absolute Gasteiger partial charge is 0.254 e. The zero-order chi connectivity index (χ0) is 13.4. The number of nitrogens with two attached hydrogens (primary N) is 1. The highest BCUT2D eigenvalue weighted by atomic mass is 16.5. The van der Waals surface area contributed by atoms with Gasteiger partial charge >= 0.3 is 0 Å². The minimum Gasteiger partial charge on any atom is -0.493 e. The van der Waals surface area contributed by atoms with E-state index in [2.05, 4.69) is 6.92 Å². The molecule has 4 nitrogen and oxygen atoms in total. The molecule has 2 unspecified atom stereocenters. The van der Waals surface area contributed by atoms with Crippen LogP contribution >= 0.6 is 0 Å². The first-order valence-corrected chi connectivity index (χ1v) is 6.97. The van der Waals surface area contributed by atoms with Crippen LogP contribution in [0.5, 0.6) is 5.75 Å². The molecule has 3 rings (SSSR count). The van der Waals surface area contributed by atoms with Crippen molar-refractivity contribution >= 4 is 5.91 Å². The first-order valence-electron chi connectivity index (χ1n) is 6.97. The second kappa shape index (κ2) is 4.85. The predicted molar refractivity (Wildman–Crippen MR) is 73.3 cm³/mol. The Labute approximate surface area is 113 Å². The van der Waals surface area contributed by atoms with Crippen LogP contribution in [0, 0.1) is 0 Å². The molecule has 1 fully saturated rings. The maximum absolute atomic E-state index is 12.6. The summed E-state index contributed by atoms with van der Waals surface area (Å²) in [4.78, 5) is 14.5. The SMILES string of the molecule is CC1CC(N)CCN1C(=O)c1ccc2c(c1)CCO2. The number of carbonyl (C=O) groups excluding carboxylic acids is 1. The summed E-state index contributed by atoms with van der Waals surface area (Å²) in [5.41, 5.74) is 7.86. The van der Waals surface area contributed by atoms with Gasteiger partial charge in [0.1, 0.15) is 5.75 Å². The number of piperidine rings is 1. The van der Waals surface area contributed by atoms with E-state index in [1.165, 1.54) is 0 Å². The third kappa shape index (κ3) is 2.32. The minimum atomic E-state index is 0.120. The van der Waals surface area contributed by atoms with Gasteiger partial charge in [-0.2, -0.15) is 0 Å². The lowest BCUT2D eigenvalue weighted by Crippen LogP contribution is -2.48. The molecule has 1 aromatic rings. The van der Waals surface area contributed by atoms with E-state index in [0.29, 0.717) is 0 Å². The van der Waals surface area contributed by atoms with Crippen LogP contribution in [0.2, 0.25) is 0 Å². The fourth-order valence-electron chi connectivity index (χ4n) is 3.00. The van der Waals surface area contributed by atoms with E-state index in [1.54, 1.807) is 0 Å². The van der Waals surface area contributed by atoms with Crippen molar-refractivity contribution in [2.75, 3.05) is 13.2 Å². The number of benzene rings is 1. The highest BCUT2D eigenvalue weighted by molar-refractivity contribution is 5.95. The topological polar surface area (TPSA) is 55.6 Å². The van der Waals surface area contributed by atoms with E-state index in [9.17, 15) is 4.79 Å². The lowest BCUT2D eigenvalue weighted by atomic mass is 9.97. The van der Waals surface area contributed by atoms with Gasteiger partial charge in [-0.15, -0.1) is 0 Å². The van der Waals surface area contributed by atoms with Gasteiger partial charge in [0.05, 0.1) is 6.61 Å². The minimum absolute atomic E-state index is 0.120. The Morgan fingerprint density at radius 3 is 3.11 bits per heavy atom. The number of hydrogen-bond donors (Lipinski definition) is 1. The van der Waals surface area contributed by atoms with Crippen LogP contribution in [0.3, 0.4) is 0 Å². The molecule has 1 aromatic carbocycles. The molecule has 1 saturated heterocycles. The monoisotopic (exact) mass is 260 g/mol. The molecular weight excluding hydrogens is 240 g/mol. The maximum Gasteiger partial charge on any atom is 0.254 e. The van der Waals surface area contributed by atoms with E-state index in [4.69, 9.17) is 10.5 Å². The van der Waals surface area contributed by atoms with Crippen LogP contribution in [0.4, 0.5) is 0 Å². The Bertz CT molecular complexity index is 501. The fraction of sp³-hybridized carbons (Fsp3) is 0.533. The summed E-state index contributed by atoms with van der Waals surface area (Å²) in [7, 11) is 0. The predicted octanol–water partition coefficient (Wildman–Crippen LogP) is 1.57. The number of amides is 1. The molecular formula is C15H20N2O2. The average molecular weight is 260 g/mol. The first kappa shape index (κ1) is 12.5. The molecule has 0 aliphatic carbocycles. The van der Waals surface area contributed by atoms with Gasteiger partial charge in [-0.3, -0.25) is 4.79 Å². The highest BCUT2D eigenvalue weighted by Gasteiger charge is 2.28. The van der Waals surface area contributed by atoms with E-state index in [0.717, 1.165) is 49.3 Å². The molecule has 4 heteroatoms. The second-order valence-corrected chi connectivity index (χ2v) is 5.55. The number of rotatable bonds is 1. The molecule has 2 aliphatic rings. The third-order valence-electron chi connectivity index (χ3n) is 4.11. The number of ether oxygens (including phenoxy) is 1. The van der Waals surface area contributed by atoms with Gasteiger partial charge in [-0.05, 0) is 43.5 Å². The molecule has 2 aliphatic heterocycles. The standard InChI is InChI=1S/C15H20N2O2/c1-10-8-13(16)4-6-17(10)15(18)12-2-3-14-11(9-12)5-7-19-14/h2-3,9-10,13H,4-8,16H2,1H3. The summed E-state index contributed by atoms with van der Waals surface area (Å²) < 4.78 is 5.47. The van der Waals surface area contributed by atoms with Crippen molar-refractivity contribution in [2.24, 2.45) is 5.73 Å². The number of likely N-dealkylation sites (tertiary alicyclic amines) is 1. The number of carbonyl (C=O) groups is 1. The van der Waals surface area contributed by atoms with Crippen LogP contribution in [0.25, 0.3) is 0 Å². The summed E-state index contributed by atoms with van der Waals surface area (Å²) in [6, 6.07) is 6.21. The molecule has 0 radical (unpaired) electrons. The Morgan fingerprint density at radius 1 is 1.47 bits per heavy atom. The van der Waals surface area contributed by atoms with Crippen molar-refractivity contribution in [3.05, 3.63) is 29.3 Å². The van der Waals surface area contributed by atoms with E-state index in [1.807, 2.05) is 23.1 Å². The highest BCUT2D eigenvalue weighted by Crippen LogP contribution is 2.27. The summed E-state index contributed by atoms with van der Waals surface area (Å²) in [6.45, 7) is 3.56. The van der Waals surface area contributed by atoms with Crippen LogP contribution in [0.15, 0.2) is 18.2 Å². The van der Waals surface area contributed by atoms with Gasteiger partial charge in [-0.1, -0.05) is 0 Å². The molecule has 2 atom stereocenters. The van der Waals surface area contributed by atoms with Crippen molar-refractivity contribution in [1.82, 2.24) is 4.90 Å². The largest absolute Gasteiger partial charge is 0.493 e. The number of hydrogen-bond acceptors (Lipinski definition) is 3. The normalized spacial score (nSPS) is 25.9. The molecule has 0 saturated carbocycles. The molecule has 2 heterocycles. The second-order valence-electron chi connectivity index (χ2n) is 5.55. The Hall–Kier alpha value is -1.55. The quantitative estimate of drug-likeness (QED) is 0.834. The van der Waals surface area contributed by atoms with Crippen molar-refractivity contribution in [1.29, 1.82) is 0 Å². The molecule has 0 bridgehead atoms. The van der Waals surface area contributed by atoms with Gasteiger partial charge in [0, 0.05) is 30.6 Å². The molecule has 1 amide bonds. The number of fused-ring (bicyclic) bond motifs is 1. The van der Waals surface area contributed by atoms with Gasteiger partial charge < -0.3 is 15.4 Å². The van der Waals surface area contributed by atoms with E-state index >= 15 is 0 Å². The van der Waals surface area contributed by atoms with Crippen LogP contribution in [-0.2, 0) is 6.42 Å². The van der Waals surface area contributed by atoms with Gasteiger partial charge in [0.15, 0.2) is 0 Å². The van der Waals surface area contributed by atoms with Crippen molar-refractivity contribution in [3.8, 4) is 5.75 Å². The maximum atomic E-state index is 12.6. The van der Waals surface area contributed by atoms with Crippen molar-refractivity contribution in [2.45, 2.75) is 38.3 Å². The van der Waals surface area contributed by atoms with Gasteiger partial charge in [0.25, 0.3) is 5.91 Å².